The van der Waals surface area contributed by atoms with Crippen LogP contribution in [-0.4, -0.2) is 42.0 Å². The van der Waals surface area contributed by atoms with Gasteiger partial charge in [-0.1, -0.05) is 12.1 Å². The largest absolute Gasteiger partial charge is 0.494 e. The second kappa shape index (κ2) is 8.50. The molecule has 0 aliphatic heterocycles. The molecular formula is C14H21NO4. The first-order chi connectivity index (χ1) is 9.15. The summed E-state index contributed by atoms with van der Waals surface area (Å²) in [6.07, 6.45) is 0.645. The minimum Gasteiger partial charge on any atom is -0.494 e. The third kappa shape index (κ3) is 6.22. The molecule has 1 rings (SSSR count). The molecule has 5 nitrogen and oxygen atoms in total. The van der Waals surface area contributed by atoms with E-state index in [0.29, 0.717) is 19.6 Å². The van der Waals surface area contributed by atoms with Crippen molar-refractivity contribution in [3.63, 3.8) is 0 Å². The lowest BCUT2D eigenvalue weighted by Crippen LogP contribution is -2.35. The van der Waals surface area contributed by atoms with E-state index in [4.69, 9.17) is 14.9 Å². The topological polar surface area (TPSA) is 78.8 Å². The predicted octanol–water partition coefficient (Wildman–Crippen LogP) is 1.05. The first-order valence-electron chi connectivity index (χ1n) is 6.43. The number of hydrogen-bond donors (Lipinski definition) is 3. The third-order valence-electron chi connectivity index (χ3n) is 2.68. The summed E-state index contributed by atoms with van der Waals surface area (Å²) in [5, 5.41) is 20.7. The number of rotatable bonds is 9. The highest BCUT2D eigenvalue weighted by atomic mass is 16.5. The summed E-state index contributed by atoms with van der Waals surface area (Å²) in [7, 11) is 0. The van der Waals surface area contributed by atoms with E-state index >= 15 is 0 Å². The molecule has 0 fully saturated rings. The predicted molar refractivity (Wildman–Crippen MR) is 72.4 cm³/mol. The molecule has 0 heterocycles. The highest BCUT2D eigenvalue weighted by Gasteiger charge is 2.13. The highest BCUT2D eigenvalue weighted by Crippen LogP contribution is 2.14. The fourth-order valence-corrected chi connectivity index (χ4v) is 1.87. The summed E-state index contributed by atoms with van der Waals surface area (Å²) in [5.41, 5.74) is 1.04. The fourth-order valence-electron chi connectivity index (χ4n) is 1.87. The summed E-state index contributed by atoms with van der Waals surface area (Å²) in [6.45, 7) is 2.95. The van der Waals surface area contributed by atoms with Crippen LogP contribution in [-0.2, 0) is 11.2 Å². The number of aliphatic carboxylic acids is 1. The smallest absolute Gasteiger partial charge is 0.304 e. The monoisotopic (exact) mass is 267 g/mol. The molecule has 0 aliphatic carbocycles. The Bertz CT molecular complexity index is 378. The second-order valence-electron chi connectivity index (χ2n) is 4.25. The van der Waals surface area contributed by atoms with E-state index < -0.39 is 5.97 Å². The Balaban J connectivity index is 2.58. The van der Waals surface area contributed by atoms with Crippen LogP contribution in [0.4, 0.5) is 0 Å². The molecule has 106 valence electrons. The van der Waals surface area contributed by atoms with Crippen LogP contribution >= 0.6 is 0 Å². The molecular weight excluding hydrogens is 246 g/mol. The van der Waals surface area contributed by atoms with Crippen molar-refractivity contribution >= 4 is 5.97 Å². The van der Waals surface area contributed by atoms with E-state index in [2.05, 4.69) is 5.32 Å². The van der Waals surface area contributed by atoms with Crippen LogP contribution in [0.25, 0.3) is 0 Å². The molecule has 5 heteroatoms. The maximum absolute atomic E-state index is 10.8. The lowest BCUT2D eigenvalue weighted by atomic mass is 10.0. The maximum Gasteiger partial charge on any atom is 0.304 e. The molecule has 0 aromatic heterocycles. The number of carboxylic acids is 1. The average Bonchev–Trinajstić information content (AvgIpc) is 2.38. The van der Waals surface area contributed by atoms with E-state index in [1.165, 1.54) is 0 Å². The highest BCUT2D eigenvalue weighted by molar-refractivity contribution is 5.67. The molecule has 1 unspecified atom stereocenters. The summed E-state index contributed by atoms with van der Waals surface area (Å²) < 4.78 is 5.35. The van der Waals surface area contributed by atoms with Crippen molar-refractivity contribution in [2.75, 3.05) is 19.8 Å². The van der Waals surface area contributed by atoms with Crippen LogP contribution in [0.1, 0.15) is 18.9 Å². The Kier molecular flexibility index (Phi) is 6.92. The molecule has 0 spiro atoms. The Morgan fingerprint density at radius 1 is 1.37 bits per heavy atom. The molecule has 0 saturated heterocycles. The number of aliphatic hydroxyl groups is 1. The van der Waals surface area contributed by atoms with Crippen molar-refractivity contribution in [1.29, 1.82) is 0 Å². The lowest BCUT2D eigenvalue weighted by Gasteiger charge is -2.16. The summed E-state index contributed by atoms with van der Waals surface area (Å²) in [5.74, 6) is -0.0364. The van der Waals surface area contributed by atoms with Gasteiger partial charge in [-0.2, -0.15) is 0 Å². The number of benzene rings is 1. The molecule has 3 N–H and O–H groups in total. The van der Waals surface area contributed by atoms with Crippen LogP contribution in [0.2, 0.25) is 0 Å². The van der Waals surface area contributed by atoms with Gasteiger partial charge in [0, 0.05) is 12.6 Å². The van der Waals surface area contributed by atoms with E-state index in [9.17, 15) is 4.79 Å². The van der Waals surface area contributed by atoms with Gasteiger partial charge in [-0.15, -0.1) is 0 Å². The summed E-state index contributed by atoms with van der Waals surface area (Å²) in [4.78, 5) is 10.8. The van der Waals surface area contributed by atoms with Gasteiger partial charge in [0.25, 0.3) is 0 Å². The molecule has 1 aromatic rings. The summed E-state index contributed by atoms with van der Waals surface area (Å²) >= 11 is 0. The van der Waals surface area contributed by atoms with Gasteiger partial charge >= 0.3 is 5.97 Å². The van der Waals surface area contributed by atoms with Gasteiger partial charge in [-0.3, -0.25) is 4.79 Å². The van der Waals surface area contributed by atoms with Crippen LogP contribution in [0.3, 0.4) is 0 Å². The van der Waals surface area contributed by atoms with Gasteiger partial charge in [0.05, 0.1) is 19.6 Å². The van der Waals surface area contributed by atoms with Gasteiger partial charge in [-0.05, 0) is 31.0 Å². The fraction of sp³-hybridized carbons (Fsp3) is 0.500. The second-order valence-corrected chi connectivity index (χ2v) is 4.25. The quantitative estimate of drug-likeness (QED) is 0.623. The number of aliphatic hydroxyl groups excluding tert-OH is 1. The Morgan fingerprint density at radius 3 is 2.58 bits per heavy atom. The van der Waals surface area contributed by atoms with Gasteiger partial charge in [0.2, 0.25) is 0 Å². The zero-order valence-corrected chi connectivity index (χ0v) is 11.1. The minimum atomic E-state index is -0.846. The van der Waals surface area contributed by atoms with Crippen LogP contribution < -0.4 is 10.1 Å². The third-order valence-corrected chi connectivity index (χ3v) is 2.68. The van der Waals surface area contributed by atoms with E-state index in [-0.39, 0.29) is 19.1 Å². The van der Waals surface area contributed by atoms with Crippen molar-refractivity contribution in [3.8, 4) is 5.75 Å². The zero-order valence-electron chi connectivity index (χ0n) is 11.1. The van der Waals surface area contributed by atoms with Crippen molar-refractivity contribution in [1.82, 2.24) is 5.32 Å². The summed E-state index contributed by atoms with van der Waals surface area (Å²) in [6, 6.07) is 7.44. The molecule has 19 heavy (non-hydrogen) atoms. The van der Waals surface area contributed by atoms with Crippen molar-refractivity contribution in [2.45, 2.75) is 25.8 Å². The standard InChI is InChI=1S/C14H21NO4/c1-2-19-13-5-3-11(4-6-13)9-12(10-14(17)18)15-7-8-16/h3-6,12,15-16H,2,7-10H2,1H3,(H,17,18). The van der Waals surface area contributed by atoms with E-state index in [1.807, 2.05) is 31.2 Å². The van der Waals surface area contributed by atoms with Gasteiger partial charge in [0.15, 0.2) is 0 Å². The molecule has 0 radical (unpaired) electrons. The molecule has 1 atom stereocenters. The lowest BCUT2D eigenvalue weighted by molar-refractivity contribution is -0.137. The van der Waals surface area contributed by atoms with E-state index in [1.54, 1.807) is 0 Å². The first-order valence-corrected chi connectivity index (χ1v) is 6.43. The van der Waals surface area contributed by atoms with Crippen LogP contribution in [0.5, 0.6) is 5.75 Å². The Hall–Kier alpha value is -1.59. The normalized spacial score (nSPS) is 12.1. The molecule has 0 amide bonds. The van der Waals surface area contributed by atoms with Crippen molar-refractivity contribution in [2.24, 2.45) is 0 Å². The van der Waals surface area contributed by atoms with E-state index in [0.717, 1.165) is 11.3 Å². The number of carboxylic acid groups (broad SMARTS) is 1. The Labute approximate surface area is 113 Å². The average molecular weight is 267 g/mol. The number of carbonyl (C=O) groups is 1. The van der Waals surface area contributed by atoms with Crippen molar-refractivity contribution < 1.29 is 19.7 Å². The van der Waals surface area contributed by atoms with Gasteiger partial charge in [-0.25, -0.2) is 0 Å². The van der Waals surface area contributed by atoms with Crippen molar-refractivity contribution in [3.05, 3.63) is 29.8 Å². The zero-order chi connectivity index (χ0) is 14.1. The molecule has 0 aliphatic rings. The molecule has 1 aromatic carbocycles. The molecule has 0 bridgehead atoms. The SMILES string of the molecule is CCOc1ccc(CC(CC(=O)O)NCCO)cc1. The number of ether oxygens (including phenoxy) is 1. The minimum absolute atomic E-state index is 0.000598. The van der Waals surface area contributed by atoms with Gasteiger partial charge < -0.3 is 20.3 Å². The van der Waals surface area contributed by atoms with Crippen LogP contribution in [0, 0.1) is 0 Å². The Morgan fingerprint density at radius 2 is 2.05 bits per heavy atom. The van der Waals surface area contributed by atoms with Crippen LogP contribution in [0.15, 0.2) is 24.3 Å². The van der Waals surface area contributed by atoms with Gasteiger partial charge in [0.1, 0.15) is 5.75 Å². The first kappa shape index (κ1) is 15.5. The molecule has 0 saturated carbocycles. The number of nitrogens with one attached hydrogen (secondary N) is 1. The number of hydrogen-bond acceptors (Lipinski definition) is 4. The maximum atomic E-state index is 10.8.